The highest BCUT2D eigenvalue weighted by molar-refractivity contribution is 7.10. The normalized spacial score (nSPS) is 10.2. The summed E-state index contributed by atoms with van der Waals surface area (Å²) in [5.74, 6) is 1.26. The van der Waals surface area contributed by atoms with Gasteiger partial charge in [-0.2, -0.15) is 0 Å². The number of nitrogen functional groups attached to an aromatic ring is 1. The molecule has 1 aromatic heterocycles. The molecule has 0 atom stereocenters. The lowest BCUT2D eigenvalue weighted by Crippen LogP contribution is -1.97. The fraction of sp³-hybridized carbons (Fsp3) is 0.100. The first-order valence-electron chi connectivity index (χ1n) is 4.32. The van der Waals surface area contributed by atoms with Gasteiger partial charge in [-0.15, -0.1) is 11.3 Å². The highest BCUT2D eigenvalue weighted by Gasteiger charge is 2.03. The standard InChI is InChI=1S/C10H9ClN2OS/c11-7-2-1-3-8(4-7)14-5-9-10(12)13-6-15-9/h1-4,6H,5,12H2. The zero-order valence-electron chi connectivity index (χ0n) is 7.81. The number of anilines is 1. The average molecular weight is 241 g/mol. The number of hydrogen-bond donors (Lipinski definition) is 1. The van der Waals surface area contributed by atoms with Gasteiger partial charge in [0, 0.05) is 5.02 Å². The highest BCUT2D eigenvalue weighted by atomic mass is 35.5. The van der Waals surface area contributed by atoms with Gasteiger partial charge in [-0.3, -0.25) is 0 Å². The summed E-state index contributed by atoms with van der Waals surface area (Å²) in [6, 6.07) is 7.26. The van der Waals surface area contributed by atoms with Gasteiger partial charge in [-0.25, -0.2) is 4.98 Å². The Hall–Kier alpha value is -1.26. The molecule has 78 valence electrons. The van der Waals surface area contributed by atoms with Crippen LogP contribution in [0.2, 0.25) is 5.02 Å². The van der Waals surface area contributed by atoms with Crippen LogP contribution in [0.3, 0.4) is 0 Å². The van der Waals surface area contributed by atoms with Crippen molar-refractivity contribution >= 4 is 28.8 Å². The summed E-state index contributed by atoms with van der Waals surface area (Å²) in [7, 11) is 0. The van der Waals surface area contributed by atoms with E-state index in [9.17, 15) is 0 Å². The number of benzene rings is 1. The van der Waals surface area contributed by atoms with Crippen molar-refractivity contribution in [1.82, 2.24) is 4.98 Å². The molecule has 0 bridgehead atoms. The summed E-state index contributed by atoms with van der Waals surface area (Å²) < 4.78 is 5.52. The molecule has 0 aliphatic rings. The minimum atomic E-state index is 0.427. The lowest BCUT2D eigenvalue weighted by molar-refractivity contribution is 0.310. The van der Waals surface area contributed by atoms with Gasteiger partial charge in [-0.1, -0.05) is 17.7 Å². The van der Waals surface area contributed by atoms with E-state index in [0.29, 0.717) is 17.4 Å². The molecule has 0 fully saturated rings. The van der Waals surface area contributed by atoms with Crippen LogP contribution in [-0.2, 0) is 6.61 Å². The van der Waals surface area contributed by atoms with Crippen LogP contribution in [-0.4, -0.2) is 4.98 Å². The van der Waals surface area contributed by atoms with Crippen LogP contribution in [0.25, 0.3) is 0 Å². The predicted octanol–water partition coefficient (Wildman–Crippen LogP) is 2.96. The Balaban J connectivity index is 2.02. The first kappa shape index (κ1) is 10.3. The Kier molecular flexibility index (Phi) is 3.08. The van der Waals surface area contributed by atoms with Crippen LogP contribution in [0, 0.1) is 0 Å². The van der Waals surface area contributed by atoms with Gasteiger partial charge in [-0.05, 0) is 18.2 Å². The van der Waals surface area contributed by atoms with Crippen LogP contribution in [0.15, 0.2) is 29.8 Å². The summed E-state index contributed by atoms with van der Waals surface area (Å²) >= 11 is 7.30. The summed E-state index contributed by atoms with van der Waals surface area (Å²) in [5, 5.41) is 0.657. The van der Waals surface area contributed by atoms with Crippen molar-refractivity contribution < 1.29 is 4.74 Å². The second kappa shape index (κ2) is 4.51. The molecule has 2 rings (SSSR count). The molecular formula is C10H9ClN2OS. The number of hydrogen-bond acceptors (Lipinski definition) is 4. The Morgan fingerprint density at radius 1 is 1.47 bits per heavy atom. The molecule has 0 aliphatic heterocycles. The quantitative estimate of drug-likeness (QED) is 0.897. The first-order chi connectivity index (χ1) is 7.25. The largest absolute Gasteiger partial charge is 0.488 e. The van der Waals surface area contributed by atoms with Crippen LogP contribution in [0.4, 0.5) is 5.82 Å². The molecule has 1 aromatic carbocycles. The number of nitrogens with two attached hydrogens (primary N) is 1. The number of halogens is 1. The van der Waals surface area contributed by atoms with Crippen molar-refractivity contribution in [2.24, 2.45) is 0 Å². The van der Waals surface area contributed by atoms with Gasteiger partial charge in [0.1, 0.15) is 18.2 Å². The fourth-order valence-corrected chi connectivity index (χ4v) is 1.87. The summed E-state index contributed by atoms with van der Waals surface area (Å²) in [6.45, 7) is 0.427. The summed E-state index contributed by atoms with van der Waals surface area (Å²) in [6.07, 6.45) is 0. The van der Waals surface area contributed by atoms with Gasteiger partial charge < -0.3 is 10.5 Å². The Morgan fingerprint density at radius 2 is 2.33 bits per heavy atom. The molecule has 2 N–H and O–H groups in total. The lowest BCUT2D eigenvalue weighted by atomic mass is 10.3. The van der Waals surface area contributed by atoms with Crippen molar-refractivity contribution in [2.75, 3.05) is 5.73 Å². The lowest BCUT2D eigenvalue weighted by Gasteiger charge is -2.04. The molecule has 0 saturated carbocycles. The minimum Gasteiger partial charge on any atom is -0.488 e. The summed E-state index contributed by atoms with van der Waals surface area (Å²) in [4.78, 5) is 4.86. The van der Waals surface area contributed by atoms with Crippen molar-refractivity contribution in [3.05, 3.63) is 39.7 Å². The SMILES string of the molecule is Nc1ncsc1COc1cccc(Cl)c1. The fourth-order valence-electron chi connectivity index (χ4n) is 1.09. The highest BCUT2D eigenvalue weighted by Crippen LogP contribution is 2.21. The molecular weight excluding hydrogens is 232 g/mol. The number of thiazole rings is 1. The van der Waals surface area contributed by atoms with Gasteiger partial charge in [0.25, 0.3) is 0 Å². The number of ether oxygens (including phenoxy) is 1. The van der Waals surface area contributed by atoms with Crippen molar-refractivity contribution in [1.29, 1.82) is 0 Å². The predicted molar refractivity (Wildman–Crippen MR) is 62.3 cm³/mol. The maximum Gasteiger partial charge on any atom is 0.141 e. The second-order valence-electron chi connectivity index (χ2n) is 2.91. The van der Waals surface area contributed by atoms with E-state index in [-0.39, 0.29) is 0 Å². The molecule has 0 spiro atoms. The second-order valence-corrected chi connectivity index (χ2v) is 4.28. The van der Waals surface area contributed by atoms with E-state index in [1.807, 2.05) is 12.1 Å². The molecule has 15 heavy (non-hydrogen) atoms. The topological polar surface area (TPSA) is 48.1 Å². The van der Waals surface area contributed by atoms with Crippen LogP contribution in [0.1, 0.15) is 4.88 Å². The first-order valence-corrected chi connectivity index (χ1v) is 5.57. The van der Waals surface area contributed by atoms with Gasteiger partial charge >= 0.3 is 0 Å². The molecule has 3 nitrogen and oxygen atoms in total. The van der Waals surface area contributed by atoms with Gasteiger partial charge in [0.2, 0.25) is 0 Å². The molecule has 0 unspecified atom stereocenters. The minimum absolute atomic E-state index is 0.427. The van der Waals surface area contributed by atoms with E-state index in [1.165, 1.54) is 11.3 Å². The number of nitrogens with zero attached hydrogens (tertiary/aromatic N) is 1. The molecule has 0 radical (unpaired) electrons. The average Bonchev–Trinajstić information content (AvgIpc) is 2.61. The van der Waals surface area contributed by atoms with E-state index in [0.717, 1.165) is 10.6 Å². The number of aromatic nitrogens is 1. The Bertz CT molecular complexity index is 458. The summed E-state index contributed by atoms with van der Waals surface area (Å²) in [5.41, 5.74) is 7.33. The van der Waals surface area contributed by atoms with Crippen molar-refractivity contribution in [2.45, 2.75) is 6.61 Å². The monoisotopic (exact) mass is 240 g/mol. The van der Waals surface area contributed by atoms with E-state index >= 15 is 0 Å². The van der Waals surface area contributed by atoms with E-state index in [2.05, 4.69) is 4.98 Å². The van der Waals surface area contributed by atoms with Crippen LogP contribution < -0.4 is 10.5 Å². The van der Waals surface area contributed by atoms with E-state index in [1.54, 1.807) is 17.6 Å². The molecule has 5 heteroatoms. The Morgan fingerprint density at radius 3 is 3.00 bits per heavy atom. The van der Waals surface area contributed by atoms with E-state index < -0.39 is 0 Å². The van der Waals surface area contributed by atoms with Gasteiger partial charge in [0.15, 0.2) is 0 Å². The zero-order valence-corrected chi connectivity index (χ0v) is 9.39. The third kappa shape index (κ3) is 2.61. The Labute approximate surface area is 96.5 Å². The van der Waals surface area contributed by atoms with Gasteiger partial charge in [0.05, 0.1) is 10.4 Å². The van der Waals surface area contributed by atoms with E-state index in [4.69, 9.17) is 22.1 Å². The maximum absolute atomic E-state index is 5.82. The third-order valence-corrected chi connectivity index (χ3v) is 2.90. The molecule has 1 heterocycles. The van der Waals surface area contributed by atoms with Crippen LogP contribution >= 0.6 is 22.9 Å². The van der Waals surface area contributed by atoms with Crippen LogP contribution in [0.5, 0.6) is 5.75 Å². The van der Waals surface area contributed by atoms with Crippen molar-refractivity contribution in [3.8, 4) is 5.75 Å². The molecule has 2 aromatic rings. The molecule has 0 saturated heterocycles. The van der Waals surface area contributed by atoms with Crippen molar-refractivity contribution in [3.63, 3.8) is 0 Å². The third-order valence-electron chi connectivity index (χ3n) is 1.84. The molecule has 0 aliphatic carbocycles. The smallest absolute Gasteiger partial charge is 0.141 e. The number of rotatable bonds is 3. The zero-order chi connectivity index (χ0) is 10.7. The maximum atomic E-state index is 5.82. The molecule has 0 amide bonds.